The summed E-state index contributed by atoms with van der Waals surface area (Å²) in [5.41, 5.74) is 4.27. The van der Waals surface area contributed by atoms with E-state index in [2.05, 4.69) is 76.5 Å². The molecule has 0 amide bonds. The van der Waals surface area contributed by atoms with Gasteiger partial charge < -0.3 is 0 Å². The van der Waals surface area contributed by atoms with Gasteiger partial charge in [0.1, 0.15) is 0 Å². The Morgan fingerprint density at radius 3 is 2.67 bits per heavy atom. The highest BCUT2D eigenvalue weighted by Gasteiger charge is 2.52. The Morgan fingerprint density at radius 2 is 2.04 bits per heavy atom. The quantitative estimate of drug-likeness (QED) is 0.571. The monoisotopic (exact) mass is 321 g/mol. The van der Waals surface area contributed by atoms with Crippen molar-refractivity contribution in [2.75, 3.05) is 0 Å². The minimum atomic E-state index is 0.369. The van der Waals surface area contributed by atoms with Gasteiger partial charge in [-0.1, -0.05) is 45.4 Å². The lowest BCUT2D eigenvalue weighted by molar-refractivity contribution is -0.0586. The van der Waals surface area contributed by atoms with Crippen LogP contribution < -0.4 is 0 Å². The minimum absolute atomic E-state index is 0.369. The molecule has 0 radical (unpaired) electrons. The summed E-state index contributed by atoms with van der Waals surface area (Å²) in [6.07, 6.45) is 6.67. The number of fused-ring (bicyclic) bond motifs is 1. The van der Waals surface area contributed by atoms with Gasteiger partial charge >= 0.3 is 0 Å². The van der Waals surface area contributed by atoms with Gasteiger partial charge in [0.05, 0.1) is 5.52 Å². The van der Waals surface area contributed by atoms with Crippen LogP contribution in [-0.4, -0.2) is 4.98 Å². The van der Waals surface area contributed by atoms with Gasteiger partial charge in [0, 0.05) is 11.6 Å². The van der Waals surface area contributed by atoms with Crippen LogP contribution in [0, 0.1) is 30.1 Å². The average molecular weight is 322 g/mol. The van der Waals surface area contributed by atoms with E-state index in [0.717, 1.165) is 17.4 Å². The molecule has 1 nitrogen and oxygen atoms in total. The molecule has 1 heteroatoms. The number of nitrogens with zero attached hydrogens (tertiary/aromatic N) is 1. The normalized spacial score (nSPS) is 25.0. The Morgan fingerprint density at radius 1 is 1.29 bits per heavy atom. The number of pyridine rings is 1. The van der Waals surface area contributed by atoms with Crippen molar-refractivity contribution in [1.29, 1.82) is 0 Å². The number of benzene rings is 1. The molecule has 1 saturated carbocycles. The third-order valence-corrected chi connectivity index (χ3v) is 6.74. The van der Waals surface area contributed by atoms with Crippen LogP contribution in [0.25, 0.3) is 10.9 Å². The van der Waals surface area contributed by atoms with Gasteiger partial charge in [-0.05, 0) is 72.6 Å². The zero-order valence-corrected chi connectivity index (χ0v) is 15.8. The van der Waals surface area contributed by atoms with Gasteiger partial charge in [0.25, 0.3) is 0 Å². The van der Waals surface area contributed by atoms with Crippen LogP contribution in [0.3, 0.4) is 0 Å². The van der Waals surface area contributed by atoms with Crippen molar-refractivity contribution in [3.63, 3.8) is 0 Å². The molecule has 1 aromatic carbocycles. The van der Waals surface area contributed by atoms with Crippen molar-refractivity contribution in [1.82, 2.24) is 4.98 Å². The summed E-state index contributed by atoms with van der Waals surface area (Å²) < 4.78 is 0. The van der Waals surface area contributed by atoms with Crippen LogP contribution in [0.15, 0.2) is 43.1 Å². The van der Waals surface area contributed by atoms with Crippen LogP contribution in [-0.2, 0) is 0 Å². The van der Waals surface area contributed by atoms with Crippen molar-refractivity contribution in [2.45, 2.75) is 53.4 Å². The largest absolute Gasteiger partial charge is 0.256 e. The maximum Gasteiger partial charge on any atom is 0.0705 e. The fourth-order valence-corrected chi connectivity index (χ4v) is 5.08. The van der Waals surface area contributed by atoms with Crippen LogP contribution in [0.5, 0.6) is 0 Å². The van der Waals surface area contributed by atoms with Crippen LogP contribution in [0.4, 0.5) is 0 Å². The smallest absolute Gasteiger partial charge is 0.0705 e. The lowest BCUT2D eigenvalue weighted by atomic mass is 9.47. The number of hydrogen-bond donors (Lipinski definition) is 0. The van der Waals surface area contributed by atoms with Crippen molar-refractivity contribution in [2.24, 2.45) is 23.2 Å². The van der Waals surface area contributed by atoms with E-state index in [-0.39, 0.29) is 0 Å². The summed E-state index contributed by atoms with van der Waals surface area (Å²) in [5, 5.41) is 1.33. The second-order valence-electron chi connectivity index (χ2n) is 8.29. The molecule has 128 valence electrons. The molecular formula is C23H31N. The fourth-order valence-electron chi connectivity index (χ4n) is 5.08. The molecule has 1 aliphatic carbocycles. The molecule has 1 aromatic heterocycles. The number of hydrogen-bond acceptors (Lipinski definition) is 1. The molecular weight excluding hydrogens is 290 g/mol. The Bertz CT molecular complexity index is 743. The first kappa shape index (κ1) is 17.2. The third-order valence-electron chi connectivity index (χ3n) is 6.74. The maximum atomic E-state index is 4.56. The van der Waals surface area contributed by atoms with E-state index in [1.807, 2.05) is 6.20 Å². The van der Waals surface area contributed by atoms with Crippen molar-refractivity contribution >= 4 is 10.9 Å². The molecule has 1 aliphatic rings. The van der Waals surface area contributed by atoms with Crippen molar-refractivity contribution in [3.8, 4) is 0 Å². The van der Waals surface area contributed by atoms with E-state index in [4.69, 9.17) is 0 Å². The molecule has 1 fully saturated rings. The van der Waals surface area contributed by atoms with Gasteiger partial charge in [-0.25, -0.2) is 0 Å². The molecule has 4 atom stereocenters. The van der Waals surface area contributed by atoms with Gasteiger partial charge in [-0.2, -0.15) is 0 Å². The van der Waals surface area contributed by atoms with E-state index in [0.29, 0.717) is 17.3 Å². The first-order valence-corrected chi connectivity index (χ1v) is 9.38. The Labute approximate surface area is 147 Å². The number of rotatable bonds is 5. The Hall–Kier alpha value is -1.63. The molecule has 0 N–H and O–H groups in total. The predicted octanol–water partition coefficient (Wildman–Crippen LogP) is 6.52. The zero-order valence-electron chi connectivity index (χ0n) is 15.8. The molecule has 4 unspecified atom stereocenters. The highest BCUT2D eigenvalue weighted by molar-refractivity contribution is 5.83. The minimum Gasteiger partial charge on any atom is -0.256 e. The van der Waals surface area contributed by atoms with E-state index in [1.54, 1.807) is 0 Å². The standard InChI is InChI=1S/C23H31N/c1-7-17(8-2)21-14-20(23(21,5)6)16(4)18-11-12-24-22-10-9-15(3)13-19(18)22/h7,9-13,16-17,20-21H,1,8,14H2,2-6H3. The van der Waals surface area contributed by atoms with Crippen LogP contribution >= 0.6 is 0 Å². The Balaban J connectivity index is 1.92. The molecule has 0 saturated heterocycles. The predicted molar refractivity (Wildman–Crippen MR) is 104 cm³/mol. The van der Waals surface area contributed by atoms with Gasteiger partial charge in [-0.15, -0.1) is 6.58 Å². The second kappa shape index (κ2) is 6.35. The number of allylic oxidation sites excluding steroid dienone is 1. The summed E-state index contributed by atoms with van der Waals surface area (Å²) in [7, 11) is 0. The second-order valence-corrected chi connectivity index (χ2v) is 8.29. The lowest BCUT2D eigenvalue weighted by Gasteiger charge is -2.57. The highest BCUT2D eigenvalue weighted by Crippen LogP contribution is 2.60. The molecule has 2 aromatic rings. The Kier molecular flexibility index (Phi) is 4.55. The van der Waals surface area contributed by atoms with Crippen LogP contribution in [0.1, 0.15) is 57.6 Å². The topological polar surface area (TPSA) is 12.9 Å². The lowest BCUT2D eigenvalue weighted by Crippen LogP contribution is -2.50. The maximum absolute atomic E-state index is 4.56. The first-order valence-electron chi connectivity index (χ1n) is 9.38. The fraction of sp³-hybridized carbons (Fsp3) is 0.522. The van der Waals surface area contributed by atoms with E-state index >= 15 is 0 Å². The van der Waals surface area contributed by atoms with Gasteiger partial charge in [0.15, 0.2) is 0 Å². The highest BCUT2D eigenvalue weighted by atomic mass is 14.7. The average Bonchev–Trinajstić information content (AvgIpc) is 2.57. The first-order chi connectivity index (χ1) is 11.4. The SMILES string of the molecule is C=CC(CC)C1CC(C(C)c2ccnc3ccc(C)cc23)C1(C)C. The summed E-state index contributed by atoms with van der Waals surface area (Å²) in [6.45, 7) is 15.9. The number of aryl methyl sites for hydroxylation is 1. The zero-order chi connectivity index (χ0) is 17.5. The van der Waals surface area contributed by atoms with Crippen molar-refractivity contribution < 1.29 is 0 Å². The third kappa shape index (κ3) is 2.68. The summed E-state index contributed by atoms with van der Waals surface area (Å²) in [4.78, 5) is 4.56. The number of aromatic nitrogens is 1. The van der Waals surface area contributed by atoms with E-state index < -0.39 is 0 Å². The van der Waals surface area contributed by atoms with E-state index in [1.165, 1.54) is 29.4 Å². The van der Waals surface area contributed by atoms with Crippen molar-refractivity contribution in [3.05, 3.63) is 54.2 Å². The molecule has 0 aliphatic heterocycles. The van der Waals surface area contributed by atoms with Gasteiger partial charge in [-0.3, -0.25) is 4.98 Å². The molecule has 1 heterocycles. The molecule has 24 heavy (non-hydrogen) atoms. The summed E-state index contributed by atoms with van der Waals surface area (Å²) in [5.74, 6) is 2.70. The van der Waals surface area contributed by atoms with E-state index in [9.17, 15) is 0 Å². The van der Waals surface area contributed by atoms with Crippen LogP contribution in [0.2, 0.25) is 0 Å². The molecule has 0 bridgehead atoms. The summed E-state index contributed by atoms with van der Waals surface area (Å²) in [6, 6.07) is 8.85. The molecule has 0 spiro atoms. The van der Waals surface area contributed by atoms with Gasteiger partial charge in [0.2, 0.25) is 0 Å². The molecule has 3 rings (SSSR count). The summed E-state index contributed by atoms with van der Waals surface area (Å²) >= 11 is 0.